The number of aryl methyl sites for hydroxylation is 2. The lowest BCUT2D eigenvalue weighted by Gasteiger charge is -1.98. The zero-order valence-electron chi connectivity index (χ0n) is 9.89. The van der Waals surface area contributed by atoms with E-state index in [0.717, 1.165) is 30.9 Å². The van der Waals surface area contributed by atoms with Crippen LogP contribution >= 0.6 is 0 Å². The minimum absolute atomic E-state index is 0.647. The van der Waals surface area contributed by atoms with Crippen LogP contribution in [0.2, 0.25) is 0 Å². The molecule has 17 heavy (non-hydrogen) atoms. The molecular formula is C14H17N3. The Morgan fingerprint density at radius 3 is 2.71 bits per heavy atom. The molecule has 0 spiro atoms. The van der Waals surface area contributed by atoms with Gasteiger partial charge in [0.1, 0.15) is 5.82 Å². The van der Waals surface area contributed by atoms with Crippen molar-refractivity contribution in [2.75, 3.05) is 0 Å². The van der Waals surface area contributed by atoms with Crippen LogP contribution in [0.4, 0.5) is 0 Å². The fourth-order valence-electron chi connectivity index (χ4n) is 2.05. The maximum Gasteiger partial charge on any atom is 0.153 e. The smallest absolute Gasteiger partial charge is 0.153 e. The van der Waals surface area contributed by atoms with E-state index in [1.165, 1.54) is 18.4 Å². The zero-order valence-corrected chi connectivity index (χ0v) is 9.89. The van der Waals surface area contributed by atoms with E-state index in [1.807, 2.05) is 0 Å². The highest BCUT2D eigenvalue weighted by molar-refractivity contribution is 5.14. The average molecular weight is 227 g/mol. The Morgan fingerprint density at radius 2 is 1.94 bits per heavy atom. The van der Waals surface area contributed by atoms with Gasteiger partial charge in [0.15, 0.2) is 5.82 Å². The number of aromatic amines is 1. The lowest BCUT2D eigenvalue weighted by Crippen LogP contribution is -1.92. The van der Waals surface area contributed by atoms with E-state index >= 15 is 0 Å². The highest BCUT2D eigenvalue weighted by atomic mass is 15.2. The topological polar surface area (TPSA) is 41.6 Å². The number of hydrogen-bond donors (Lipinski definition) is 1. The molecule has 1 aromatic carbocycles. The summed E-state index contributed by atoms with van der Waals surface area (Å²) in [6, 6.07) is 10.6. The number of hydrogen-bond acceptors (Lipinski definition) is 2. The van der Waals surface area contributed by atoms with Crippen LogP contribution in [0.1, 0.15) is 42.4 Å². The van der Waals surface area contributed by atoms with E-state index < -0.39 is 0 Å². The highest BCUT2D eigenvalue weighted by Gasteiger charge is 2.27. The van der Waals surface area contributed by atoms with Crippen molar-refractivity contribution in [3.63, 3.8) is 0 Å². The Labute approximate surface area is 101 Å². The summed E-state index contributed by atoms with van der Waals surface area (Å²) in [6.45, 7) is 0. The Kier molecular flexibility index (Phi) is 2.90. The molecule has 1 saturated carbocycles. The van der Waals surface area contributed by atoms with Crippen LogP contribution in [-0.2, 0) is 12.8 Å². The number of rotatable bonds is 5. The molecule has 3 rings (SSSR count). The number of benzene rings is 1. The van der Waals surface area contributed by atoms with E-state index in [2.05, 4.69) is 45.5 Å². The second-order valence-electron chi connectivity index (χ2n) is 4.75. The number of H-pyrrole nitrogens is 1. The predicted molar refractivity (Wildman–Crippen MR) is 66.8 cm³/mol. The van der Waals surface area contributed by atoms with Gasteiger partial charge in [-0.2, -0.15) is 5.10 Å². The lowest BCUT2D eigenvalue weighted by atomic mass is 10.1. The maximum absolute atomic E-state index is 4.54. The molecule has 0 aliphatic heterocycles. The normalized spacial score (nSPS) is 15.1. The largest absolute Gasteiger partial charge is 0.263 e. The molecule has 1 aliphatic carbocycles. The second kappa shape index (κ2) is 4.70. The minimum Gasteiger partial charge on any atom is -0.263 e. The number of aromatic nitrogens is 3. The first kappa shape index (κ1) is 10.5. The molecule has 0 amide bonds. The van der Waals surface area contributed by atoms with Crippen molar-refractivity contribution in [2.45, 2.75) is 38.0 Å². The van der Waals surface area contributed by atoms with E-state index in [9.17, 15) is 0 Å². The van der Waals surface area contributed by atoms with Crippen LogP contribution in [-0.4, -0.2) is 15.2 Å². The Hall–Kier alpha value is -1.64. The van der Waals surface area contributed by atoms with Crippen molar-refractivity contribution in [1.82, 2.24) is 15.2 Å². The summed E-state index contributed by atoms with van der Waals surface area (Å²) in [7, 11) is 0. The molecule has 0 atom stereocenters. The molecule has 3 nitrogen and oxygen atoms in total. The second-order valence-corrected chi connectivity index (χ2v) is 4.75. The molecule has 88 valence electrons. The van der Waals surface area contributed by atoms with Crippen LogP contribution in [0.3, 0.4) is 0 Å². The summed E-state index contributed by atoms with van der Waals surface area (Å²) in [4.78, 5) is 4.54. The molecule has 0 unspecified atom stereocenters. The monoisotopic (exact) mass is 227 g/mol. The molecule has 0 saturated heterocycles. The minimum atomic E-state index is 0.647. The molecule has 1 heterocycles. The molecule has 0 radical (unpaired) electrons. The molecule has 1 aliphatic rings. The van der Waals surface area contributed by atoms with E-state index in [0.29, 0.717) is 5.92 Å². The van der Waals surface area contributed by atoms with Gasteiger partial charge in [0, 0.05) is 12.3 Å². The lowest BCUT2D eigenvalue weighted by molar-refractivity contribution is 0.774. The van der Waals surface area contributed by atoms with Crippen molar-refractivity contribution < 1.29 is 0 Å². The average Bonchev–Trinajstić information content (AvgIpc) is 3.11. The van der Waals surface area contributed by atoms with Crippen LogP contribution in [0, 0.1) is 0 Å². The van der Waals surface area contributed by atoms with Crippen LogP contribution in [0.25, 0.3) is 0 Å². The molecular weight excluding hydrogens is 210 g/mol. The molecule has 1 fully saturated rings. The fraction of sp³-hybridized carbons (Fsp3) is 0.429. The third-order valence-electron chi connectivity index (χ3n) is 3.21. The molecule has 1 N–H and O–H groups in total. The van der Waals surface area contributed by atoms with Gasteiger partial charge in [0.2, 0.25) is 0 Å². The summed E-state index contributed by atoms with van der Waals surface area (Å²) in [5.41, 5.74) is 1.40. The Morgan fingerprint density at radius 1 is 1.12 bits per heavy atom. The molecule has 1 aromatic heterocycles. The van der Waals surface area contributed by atoms with E-state index in [1.54, 1.807) is 0 Å². The highest BCUT2D eigenvalue weighted by Crippen LogP contribution is 2.37. The summed E-state index contributed by atoms with van der Waals surface area (Å²) in [5, 5.41) is 7.32. The zero-order chi connectivity index (χ0) is 11.5. The quantitative estimate of drug-likeness (QED) is 0.853. The van der Waals surface area contributed by atoms with Gasteiger partial charge in [-0.1, -0.05) is 30.3 Å². The first-order valence-corrected chi connectivity index (χ1v) is 6.37. The van der Waals surface area contributed by atoms with Gasteiger partial charge in [0.25, 0.3) is 0 Å². The van der Waals surface area contributed by atoms with Crippen LogP contribution in [0.15, 0.2) is 30.3 Å². The van der Waals surface area contributed by atoms with Gasteiger partial charge in [-0.05, 0) is 31.2 Å². The summed E-state index contributed by atoms with van der Waals surface area (Å²) in [6.07, 6.45) is 5.76. The Bertz CT molecular complexity index is 471. The van der Waals surface area contributed by atoms with Crippen molar-refractivity contribution in [1.29, 1.82) is 0 Å². The van der Waals surface area contributed by atoms with Gasteiger partial charge in [-0.15, -0.1) is 0 Å². The number of nitrogens with zero attached hydrogens (tertiary/aromatic N) is 2. The first-order valence-electron chi connectivity index (χ1n) is 6.37. The van der Waals surface area contributed by atoms with Gasteiger partial charge >= 0.3 is 0 Å². The first-order chi connectivity index (χ1) is 8.42. The number of nitrogens with one attached hydrogen (secondary N) is 1. The predicted octanol–water partition coefficient (Wildman–Crippen LogP) is 2.86. The van der Waals surface area contributed by atoms with Gasteiger partial charge in [-0.3, -0.25) is 5.10 Å². The fourth-order valence-corrected chi connectivity index (χ4v) is 2.05. The molecule has 3 heteroatoms. The van der Waals surface area contributed by atoms with Crippen molar-refractivity contribution >= 4 is 0 Å². The third kappa shape index (κ3) is 2.73. The maximum atomic E-state index is 4.54. The van der Waals surface area contributed by atoms with Crippen molar-refractivity contribution in [3.05, 3.63) is 47.5 Å². The molecule has 2 aromatic rings. The van der Waals surface area contributed by atoms with E-state index in [4.69, 9.17) is 0 Å². The summed E-state index contributed by atoms with van der Waals surface area (Å²) < 4.78 is 0. The van der Waals surface area contributed by atoms with Crippen LogP contribution < -0.4 is 0 Å². The summed E-state index contributed by atoms with van der Waals surface area (Å²) in [5.74, 6) is 2.72. The van der Waals surface area contributed by atoms with Gasteiger partial charge in [0.05, 0.1) is 0 Å². The van der Waals surface area contributed by atoms with Crippen molar-refractivity contribution in [2.24, 2.45) is 0 Å². The van der Waals surface area contributed by atoms with Crippen molar-refractivity contribution in [3.8, 4) is 0 Å². The summed E-state index contributed by atoms with van der Waals surface area (Å²) >= 11 is 0. The molecule has 0 bridgehead atoms. The SMILES string of the molecule is c1ccc(CCCc2nc(C3CC3)n[nH]2)cc1. The van der Waals surface area contributed by atoms with Gasteiger partial charge in [-0.25, -0.2) is 4.98 Å². The van der Waals surface area contributed by atoms with Gasteiger partial charge < -0.3 is 0 Å². The van der Waals surface area contributed by atoms with Crippen LogP contribution in [0.5, 0.6) is 0 Å². The Balaban J connectivity index is 1.50. The van der Waals surface area contributed by atoms with E-state index in [-0.39, 0.29) is 0 Å². The standard InChI is InChI=1S/C14H17N3/c1-2-5-11(6-3-1)7-4-8-13-15-14(17-16-13)12-9-10-12/h1-3,5-6,12H,4,7-10H2,(H,15,16,17). The third-order valence-corrected chi connectivity index (χ3v) is 3.21.